The molecule has 4 heteroatoms. The summed E-state index contributed by atoms with van der Waals surface area (Å²) in [4.78, 5) is 4.26. The number of aromatic nitrogens is 2. The highest BCUT2D eigenvalue weighted by Gasteiger charge is 2.03. The van der Waals surface area contributed by atoms with Crippen LogP contribution in [0.25, 0.3) is 5.69 Å². The lowest BCUT2D eigenvalue weighted by Gasteiger charge is -2.09. The molecule has 2 rings (SSSR count). The normalized spacial score (nSPS) is 10.2. The molecule has 0 fully saturated rings. The fourth-order valence-corrected chi connectivity index (χ4v) is 1.67. The van der Waals surface area contributed by atoms with Crippen molar-refractivity contribution in [2.75, 3.05) is 18.5 Å². The molecule has 1 aromatic carbocycles. The smallest absolute Gasteiger partial charge is 0.207 e. The first-order valence-electron chi connectivity index (χ1n) is 5.85. The van der Waals surface area contributed by atoms with Gasteiger partial charge >= 0.3 is 0 Å². The SMILES string of the molecule is CCNc1nccn1-c1ccc(OCC)cc1. The molecule has 0 spiro atoms. The molecule has 90 valence electrons. The number of hydrogen-bond donors (Lipinski definition) is 1. The zero-order chi connectivity index (χ0) is 12.1. The van der Waals surface area contributed by atoms with Crippen molar-refractivity contribution in [2.24, 2.45) is 0 Å². The van der Waals surface area contributed by atoms with Gasteiger partial charge in [0.2, 0.25) is 5.95 Å². The molecule has 0 saturated heterocycles. The molecule has 0 radical (unpaired) electrons. The Morgan fingerprint density at radius 1 is 1.24 bits per heavy atom. The molecule has 0 aliphatic rings. The summed E-state index contributed by atoms with van der Waals surface area (Å²) in [6, 6.07) is 7.98. The fraction of sp³-hybridized carbons (Fsp3) is 0.308. The standard InChI is InChI=1S/C13H17N3O/c1-3-14-13-15-9-10-16(13)11-5-7-12(8-6-11)17-4-2/h5-10H,3-4H2,1-2H3,(H,14,15). The Hall–Kier alpha value is -1.97. The molecule has 0 saturated carbocycles. The molecular weight excluding hydrogens is 214 g/mol. The van der Waals surface area contributed by atoms with E-state index in [9.17, 15) is 0 Å². The lowest BCUT2D eigenvalue weighted by atomic mass is 10.3. The lowest BCUT2D eigenvalue weighted by Crippen LogP contribution is -2.04. The van der Waals surface area contributed by atoms with E-state index in [4.69, 9.17) is 4.74 Å². The van der Waals surface area contributed by atoms with Crippen molar-refractivity contribution in [3.8, 4) is 11.4 Å². The van der Waals surface area contributed by atoms with Gasteiger partial charge in [-0.25, -0.2) is 4.98 Å². The maximum atomic E-state index is 5.42. The second kappa shape index (κ2) is 5.39. The molecule has 0 amide bonds. The molecule has 0 aliphatic carbocycles. The van der Waals surface area contributed by atoms with Crippen LogP contribution in [-0.4, -0.2) is 22.7 Å². The summed E-state index contributed by atoms with van der Waals surface area (Å²) in [6.07, 6.45) is 3.72. The van der Waals surface area contributed by atoms with Gasteiger partial charge in [-0.3, -0.25) is 4.57 Å². The van der Waals surface area contributed by atoms with Crippen LogP contribution in [0.1, 0.15) is 13.8 Å². The Balaban J connectivity index is 2.23. The van der Waals surface area contributed by atoms with Crippen LogP contribution in [0, 0.1) is 0 Å². The third-order valence-electron chi connectivity index (χ3n) is 2.40. The van der Waals surface area contributed by atoms with E-state index in [0.717, 1.165) is 23.9 Å². The van der Waals surface area contributed by atoms with Gasteiger partial charge in [0.15, 0.2) is 0 Å². The van der Waals surface area contributed by atoms with Gasteiger partial charge in [-0.1, -0.05) is 0 Å². The van der Waals surface area contributed by atoms with Gasteiger partial charge in [0, 0.05) is 24.6 Å². The van der Waals surface area contributed by atoms with E-state index in [2.05, 4.69) is 17.2 Å². The maximum Gasteiger partial charge on any atom is 0.207 e. The number of nitrogens with zero attached hydrogens (tertiary/aromatic N) is 2. The highest BCUT2D eigenvalue weighted by molar-refractivity contribution is 5.44. The molecule has 0 bridgehead atoms. The van der Waals surface area contributed by atoms with E-state index in [1.54, 1.807) is 6.20 Å². The van der Waals surface area contributed by atoms with Gasteiger partial charge in [0.1, 0.15) is 5.75 Å². The first-order valence-corrected chi connectivity index (χ1v) is 5.85. The predicted molar refractivity (Wildman–Crippen MR) is 68.9 cm³/mol. The molecule has 0 aliphatic heterocycles. The quantitative estimate of drug-likeness (QED) is 0.860. The Morgan fingerprint density at radius 3 is 2.65 bits per heavy atom. The van der Waals surface area contributed by atoms with Crippen molar-refractivity contribution < 1.29 is 4.74 Å². The van der Waals surface area contributed by atoms with E-state index in [0.29, 0.717) is 6.61 Å². The van der Waals surface area contributed by atoms with E-state index in [1.807, 2.05) is 42.0 Å². The van der Waals surface area contributed by atoms with Gasteiger partial charge in [0.05, 0.1) is 6.61 Å². The minimum atomic E-state index is 0.688. The number of imidazole rings is 1. The zero-order valence-corrected chi connectivity index (χ0v) is 10.2. The van der Waals surface area contributed by atoms with Crippen LogP contribution in [0.2, 0.25) is 0 Å². The van der Waals surface area contributed by atoms with Crippen molar-refractivity contribution in [2.45, 2.75) is 13.8 Å². The van der Waals surface area contributed by atoms with Crippen molar-refractivity contribution in [3.05, 3.63) is 36.7 Å². The minimum absolute atomic E-state index is 0.688. The first-order chi connectivity index (χ1) is 8.35. The monoisotopic (exact) mass is 231 g/mol. The molecule has 0 atom stereocenters. The van der Waals surface area contributed by atoms with Crippen LogP contribution in [0.4, 0.5) is 5.95 Å². The van der Waals surface area contributed by atoms with E-state index < -0.39 is 0 Å². The van der Waals surface area contributed by atoms with Crippen molar-refractivity contribution in [3.63, 3.8) is 0 Å². The van der Waals surface area contributed by atoms with E-state index in [-0.39, 0.29) is 0 Å². The Labute approximate surface area is 101 Å². The zero-order valence-electron chi connectivity index (χ0n) is 10.2. The number of anilines is 1. The number of benzene rings is 1. The summed E-state index contributed by atoms with van der Waals surface area (Å²) in [6.45, 7) is 5.57. The van der Waals surface area contributed by atoms with Crippen molar-refractivity contribution in [1.82, 2.24) is 9.55 Å². The molecule has 1 aromatic heterocycles. The van der Waals surface area contributed by atoms with Crippen LogP contribution >= 0.6 is 0 Å². The number of ether oxygens (including phenoxy) is 1. The van der Waals surface area contributed by atoms with Gasteiger partial charge in [0.25, 0.3) is 0 Å². The molecule has 1 heterocycles. The second-order valence-corrected chi connectivity index (χ2v) is 3.58. The maximum absolute atomic E-state index is 5.42. The highest BCUT2D eigenvalue weighted by atomic mass is 16.5. The third kappa shape index (κ3) is 2.58. The van der Waals surface area contributed by atoms with Crippen LogP contribution < -0.4 is 10.1 Å². The lowest BCUT2D eigenvalue weighted by molar-refractivity contribution is 0.340. The van der Waals surface area contributed by atoms with Crippen molar-refractivity contribution >= 4 is 5.95 Å². The minimum Gasteiger partial charge on any atom is -0.494 e. The fourth-order valence-electron chi connectivity index (χ4n) is 1.67. The number of nitrogens with one attached hydrogen (secondary N) is 1. The Bertz CT molecular complexity index is 462. The Kier molecular flexibility index (Phi) is 3.65. The molecule has 4 nitrogen and oxygen atoms in total. The molecule has 17 heavy (non-hydrogen) atoms. The highest BCUT2D eigenvalue weighted by Crippen LogP contribution is 2.18. The Morgan fingerprint density at radius 2 is 2.00 bits per heavy atom. The average Bonchev–Trinajstić information content (AvgIpc) is 2.79. The molecule has 2 aromatic rings. The summed E-state index contributed by atoms with van der Waals surface area (Å²) in [7, 11) is 0. The summed E-state index contributed by atoms with van der Waals surface area (Å²) in [5, 5.41) is 3.21. The van der Waals surface area contributed by atoms with Crippen LogP contribution in [-0.2, 0) is 0 Å². The summed E-state index contributed by atoms with van der Waals surface area (Å²) < 4.78 is 7.43. The van der Waals surface area contributed by atoms with Gasteiger partial charge in [-0.2, -0.15) is 0 Å². The van der Waals surface area contributed by atoms with Gasteiger partial charge in [-0.05, 0) is 38.1 Å². The van der Waals surface area contributed by atoms with E-state index in [1.165, 1.54) is 0 Å². The number of rotatable bonds is 5. The largest absolute Gasteiger partial charge is 0.494 e. The average molecular weight is 231 g/mol. The van der Waals surface area contributed by atoms with Crippen LogP contribution in [0.3, 0.4) is 0 Å². The topological polar surface area (TPSA) is 39.1 Å². The number of hydrogen-bond acceptors (Lipinski definition) is 3. The van der Waals surface area contributed by atoms with Crippen LogP contribution in [0.5, 0.6) is 5.75 Å². The van der Waals surface area contributed by atoms with Gasteiger partial charge in [-0.15, -0.1) is 0 Å². The first kappa shape index (κ1) is 11.5. The summed E-state index contributed by atoms with van der Waals surface area (Å²) in [5.41, 5.74) is 1.07. The third-order valence-corrected chi connectivity index (χ3v) is 2.40. The molecule has 1 N–H and O–H groups in total. The molecular formula is C13H17N3O. The van der Waals surface area contributed by atoms with E-state index >= 15 is 0 Å². The predicted octanol–water partition coefficient (Wildman–Crippen LogP) is 2.70. The second-order valence-electron chi connectivity index (χ2n) is 3.58. The van der Waals surface area contributed by atoms with Gasteiger partial charge < -0.3 is 10.1 Å². The van der Waals surface area contributed by atoms with Crippen LogP contribution in [0.15, 0.2) is 36.7 Å². The summed E-state index contributed by atoms with van der Waals surface area (Å²) in [5.74, 6) is 1.75. The summed E-state index contributed by atoms with van der Waals surface area (Å²) >= 11 is 0. The molecule has 0 unspecified atom stereocenters. The van der Waals surface area contributed by atoms with Crippen molar-refractivity contribution in [1.29, 1.82) is 0 Å².